The number of halogens is 1. The smallest absolute Gasteiger partial charge is 0.283 e. The van der Waals surface area contributed by atoms with Crippen LogP contribution in [0.2, 0.25) is 5.02 Å². The van der Waals surface area contributed by atoms with Crippen LogP contribution in [0.15, 0.2) is 82.2 Å². The molecule has 2 amide bonds. The van der Waals surface area contributed by atoms with Gasteiger partial charge in [0.25, 0.3) is 11.8 Å². The average Bonchev–Trinajstić information content (AvgIpc) is 3.01. The van der Waals surface area contributed by atoms with E-state index in [4.69, 9.17) is 11.6 Å². The molecule has 0 saturated heterocycles. The number of anilines is 2. The van der Waals surface area contributed by atoms with Crippen LogP contribution < -0.4 is 10.2 Å². The van der Waals surface area contributed by atoms with Gasteiger partial charge in [0.1, 0.15) is 10.6 Å². The van der Waals surface area contributed by atoms with Gasteiger partial charge in [0.15, 0.2) is 0 Å². The van der Waals surface area contributed by atoms with E-state index in [1.165, 1.54) is 16.7 Å². The first-order chi connectivity index (χ1) is 15.4. The molecule has 1 N–H and O–H groups in total. The van der Waals surface area contributed by atoms with E-state index in [9.17, 15) is 9.59 Å². The van der Waals surface area contributed by atoms with Crippen LogP contribution in [-0.2, 0) is 16.0 Å². The van der Waals surface area contributed by atoms with Gasteiger partial charge in [-0.3, -0.25) is 9.59 Å². The monoisotopic (exact) mass is 462 g/mol. The van der Waals surface area contributed by atoms with Crippen molar-refractivity contribution in [1.82, 2.24) is 0 Å². The number of carbonyl (C=O) groups excluding carboxylic acids is 2. The predicted molar refractivity (Wildman–Crippen MR) is 132 cm³/mol. The topological polar surface area (TPSA) is 49.4 Å². The Kier molecular flexibility index (Phi) is 6.40. The zero-order valence-corrected chi connectivity index (χ0v) is 19.7. The summed E-state index contributed by atoms with van der Waals surface area (Å²) in [7, 11) is 0. The van der Waals surface area contributed by atoms with E-state index < -0.39 is 0 Å². The van der Waals surface area contributed by atoms with Gasteiger partial charge >= 0.3 is 0 Å². The van der Waals surface area contributed by atoms with Crippen LogP contribution in [0.3, 0.4) is 0 Å². The maximum Gasteiger partial charge on any atom is 0.283 e. The van der Waals surface area contributed by atoms with Crippen molar-refractivity contribution in [3.8, 4) is 0 Å². The zero-order valence-electron chi connectivity index (χ0n) is 18.1. The van der Waals surface area contributed by atoms with Crippen LogP contribution in [-0.4, -0.2) is 11.8 Å². The molecule has 1 aliphatic rings. The molecule has 3 aromatic rings. The molecule has 4 rings (SSSR count). The Bertz CT molecular complexity index is 1220. The second-order valence-corrected chi connectivity index (χ2v) is 9.19. The van der Waals surface area contributed by atoms with Crippen molar-refractivity contribution in [3.05, 3.63) is 99.0 Å². The number of carbonyl (C=O) groups is 2. The molecule has 0 bridgehead atoms. The Hall–Kier alpha value is -3.02. The third kappa shape index (κ3) is 4.45. The van der Waals surface area contributed by atoms with Crippen molar-refractivity contribution in [3.63, 3.8) is 0 Å². The molecule has 162 valence electrons. The molecule has 0 spiro atoms. The van der Waals surface area contributed by atoms with Gasteiger partial charge in [-0.2, -0.15) is 0 Å². The van der Waals surface area contributed by atoms with Gasteiger partial charge in [0.05, 0.1) is 5.69 Å². The highest BCUT2D eigenvalue weighted by atomic mass is 35.5. The van der Waals surface area contributed by atoms with Gasteiger partial charge in [0.2, 0.25) is 0 Å². The van der Waals surface area contributed by atoms with Crippen molar-refractivity contribution >= 4 is 46.6 Å². The number of imide groups is 1. The lowest BCUT2D eigenvalue weighted by Gasteiger charge is -2.16. The van der Waals surface area contributed by atoms with Crippen LogP contribution in [0.5, 0.6) is 0 Å². The Morgan fingerprint density at radius 2 is 1.59 bits per heavy atom. The summed E-state index contributed by atoms with van der Waals surface area (Å²) in [6.45, 7) is 6.06. The van der Waals surface area contributed by atoms with Crippen LogP contribution in [0.4, 0.5) is 11.4 Å². The summed E-state index contributed by atoms with van der Waals surface area (Å²) in [6.07, 6.45) is 0.887. The van der Waals surface area contributed by atoms with Gasteiger partial charge in [-0.1, -0.05) is 60.1 Å². The van der Waals surface area contributed by atoms with Crippen molar-refractivity contribution in [1.29, 1.82) is 0 Å². The molecule has 4 nitrogen and oxygen atoms in total. The van der Waals surface area contributed by atoms with Gasteiger partial charge < -0.3 is 5.32 Å². The number of aryl methyl sites for hydroxylation is 3. The lowest BCUT2D eigenvalue weighted by atomic mass is 10.1. The highest BCUT2D eigenvalue weighted by molar-refractivity contribution is 8.04. The van der Waals surface area contributed by atoms with Crippen LogP contribution in [0, 0.1) is 13.8 Å². The molecule has 0 unspecified atom stereocenters. The number of hydrogen-bond donors (Lipinski definition) is 1. The average molecular weight is 463 g/mol. The van der Waals surface area contributed by atoms with E-state index in [1.54, 1.807) is 12.1 Å². The first-order valence-corrected chi connectivity index (χ1v) is 11.6. The molecule has 6 heteroatoms. The first-order valence-electron chi connectivity index (χ1n) is 10.4. The highest BCUT2D eigenvalue weighted by Gasteiger charge is 2.40. The Labute approximate surface area is 197 Å². The zero-order chi connectivity index (χ0) is 22.8. The van der Waals surface area contributed by atoms with E-state index in [0.717, 1.165) is 33.7 Å². The van der Waals surface area contributed by atoms with E-state index in [-0.39, 0.29) is 17.5 Å². The summed E-state index contributed by atoms with van der Waals surface area (Å²) < 4.78 is 0. The van der Waals surface area contributed by atoms with Gasteiger partial charge in [-0.05, 0) is 73.9 Å². The molecule has 0 saturated carbocycles. The number of benzene rings is 3. The number of nitrogens with zero attached hydrogens (tertiary/aromatic N) is 1. The Morgan fingerprint density at radius 3 is 2.22 bits per heavy atom. The molecular weight excluding hydrogens is 440 g/mol. The number of hydrogen-bond acceptors (Lipinski definition) is 4. The van der Waals surface area contributed by atoms with Crippen molar-refractivity contribution < 1.29 is 9.59 Å². The molecule has 32 heavy (non-hydrogen) atoms. The molecule has 0 fully saturated rings. The first kappa shape index (κ1) is 22.2. The Morgan fingerprint density at radius 1 is 0.906 bits per heavy atom. The minimum Gasteiger partial charge on any atom is -0.350 e. The summed E-state index contributed by atoms with van der Waals surface area (Å²) in [5.74, 6) is -0.706. The van der Waals surface area contributed by atoms with E-state index in [2.05, 4.69) is 12.2 Å². The lowest BCUT2D eigenvalue weighted by molar-refractivity contribution is -0.120. The lowest BCUT2D eigenvalue weighted by Crippen LogP contribution is -2.32. The second kappa shape index (κ2) is 9.23. The van der Waals surface area contributed by atoms with Crippen LogP contribution in [0.1, 0.15) is 23.6 Å². The summed E-state index contributed by atoms with van der Waals surface area (Å²) in [6, 6.07) is 20.7. The SMILES string of the molecule is CCc1ccc(N2C(=O)C(Nc3ccc(C)cc3C)=C(Sc3ccc(Cl)cc3)C2=O)cc1. The number of amides is 2. The number of rotatable bonds is 6. The molecule has 0 atom stereocenters. The van der Waals surface area contributed by atoms with Crippen molar-refractivity contribution in [2.24, 2.45) is 0 Å². The number of thioether (sulfide) groups is 1. The van der Waals surface area contributed by atoms with E-state index in [0.29, 0.717) is 15.6 Å². The predicted octanol–water partition coefficient (Wildman–Crippen LogP) is 6.51. The summed E-state index contributed by atoms with van der Waals surface area (Å²) in [5.41, 5.74) is 4.91. The minimum absolute atomic E-state index is 0.279. The standard InChI is InChI=1S/C26H23ClN2O2S/c1-4-18-6-10-20(11-7-18)29-25(30)23(28-22-14-5-16(2)15-17(22)3)24(26(29)31)32-21-12-8-19(27)9-13-21/h5-15,28H,4H2,1-3H3. The fourth-order valence-electron chi connectivity index (χ4n) is 3.54. The minimum atomic E-state index is -0.365. The largest absolute Gasteiger partial charge is 0.350 e. The fraction of sp³-hybridized carbons (Fsp3) is 0.154. The van der Waals surface area contributed by atoms with Gasteiger partial charge in [-0.15, -0.1) is 0 Å². The van der Waals surface area contributed by atoms with Crippen molar-refractivity contribution in [2.75, 3.05) is 10.2 Å². The molecule has 0 aliphatic carbocycles. The number of nitrogens with one attached hydrogen (secondary N) is 1. The van der Waals surface area contributed by atoms with Crippen LogP contribution in [0.25, 0.3) is 0 Å². The van der Waals surface area contributed by atoms with Crippen molar-refractivity contribution in [2.45, 2.75) is 32.1 Å². The molecule has 0 aromatic heterocycles. The van der Waals surface area contributed by atoms with Gasteiger partial charge in [-0.25, -0.2) is 4.90 Å². The van der Waals surface area contributed by atoms with E-state index in [1.807, 2.05) is 68.4 Å². The normalized spacial score (nSPS) is 13.8. The van der Waals surface area contributed by atoms with Crippen LogP contribution >= 0.6 is 23.4 Å². The van der Waals surface area contributed by atoms with E-state index >= 15 is 0 Å². The summed E-state index contributed by atoms with van der Waals surface area (Å²) in [4.78, 5) is 29.3. The quantitative estimate of drug-likeness (QED) is 0.424. The highest BCUT2D eigenvalue weighted by Crippen LogP contribution is 2.38. The third-order valence-corrected chi connectivity index (χ3v) is 6.66. The fourth-order valence-corrected chi connectivity index (χ4v) is 4.59. The summed E-state index contributed by atoms with van der Waals surface area (Å²) >= 11 is 7.27. The molecule has 3 aromatic carbocycles. The molecule has 0 radical (unpaired) electrons. The second-order valence-electron chi connectivity index (χ2n) is 7.67. The molecule has 1 heterocycles. The molecular formula is C26H23ClN2O2S. The third-order valence-electron chi connectivity index (χ3n) is 5.32. The molecule has 1 aliphatic heterocycles. The Balaban J connectivity index is 1.74. The summed E-state index contributed by atoms with van der Waals surface area (Å²) in [5, 5.41) is 3.86. The maximum atomic E-state index is 13.5. The maximum absolute atomic E-state index is 13.5. The van der Waals surface area contributed by atoms with Gasteiger partial charge in [0, 0.05) is 15.6 Å².